The summed E-state index contributed by atoms with van der Waals surface area (Å²) in [5.74, 6) is 0.778. The molecule has 1 saturated carbocycles. The zero-order chi connectivity index (χ0) is 19.4. The first-order valence-electron chi connectivity index (χ1n) is 9.62. The Labute approximate surface area is 168 Å². The van der Waals surface area contributed by atoms with Crippen molar-refractivity contribution in [1.82, 2.24) is 14.9 Å². The van der Waals surface area contributed by atoms with Crippen LogP contribution in [0.1, 0.15) is 46.0 Å². The van der Waals surface area contributed by atoms with Crippen LogP contribution in [0.5, 0.6) is 0 Å². The molecular formula is C20H26ClN3O2S. The maximum absolute atomic E-state index is 12.8. The molecule has 1 aliphatic carbocycles. The third kappa shape index (κ3) is 4.85. The SMILES string of the molecule is CCCn1c(SCC(=O)N[C@H]2CCCC[C@@H]2C)nc2cc(Cl)ccc2c1=O. The topological polar surface area (TPSA) is 64.0 Å². The average molecular weight is 408 g/mol. The van der Waals surface area contributed by atoms with E-state index in [1.165, 1.54) is 31.0 Å². The van der Waals surface area contributed by atoms with Crippen molar-refractivity contribution in [2.75, 3.05) is 5.75 Å². The highest BCUT2D eigenvalue weighted by Crippen LogP contribution is 2.24. The molecule has 5 nitrogen and oxygen atoms in total. The number of benzene rings is 1. The van der Waals surface area contributed by atoms with Crippen LogP contribution >= 0.6 is 23.4 Å². The Hall–Kier alpha value is -1.53. The number of fused-ring (bicyclic) bond motifs is 1. The number of rotatable bonds is 6. The molecule has 1 heterocycles. The van der Waals surface area contributed by atoms with Gasteiger partial charge in [-0.25, -0.2) is 4.98 Å². The average Bonchev–Trinajstić information content (AvgIpc) is 2.64. The molecule has 1 fully saturated rings. The summed E-state index contributed by atoms with van der Waals surface area (Å²) in [6.07, 6.45) is 5.45. The van der Waals surface area contributed by atoms with Gasteiger partial charge in [0.25, 0.3) is 5.56 Å². The van der Waals surface area contributed by atoms with E-state index in [0.717, 1.165) is 12.8 Å². The molecule has 0 bridgehead atoms. The molecule has 0 spiro atoms. The number of halogens is 1. The summed E-state index contributed by atoms with van der Waals surface area (Å²) in [5.41, 5.74) is 0.492. The molecule has 146 valence electrons. The maximum atomic E-state index is 12.8. The van der Waals surface area contributed by atoms with E-state index < -0.39 is 0 Å². The van der Waals surface area contributed by atoms with Crippen LogP contribution in [-0.4, -0.2) is 27.3 Å². The molecule has 7 heteroatoms. The number of aromatic nitrogens is 2. The van der Waals surface area contributed by atoms with Gasteiger partial charge in [0.15, 0.2) is 5.16 Å². The summed E-state index contributed by atoms with van der Waals surface area (Å²) < 4.78 is 1.66. The van der Waals surface area contributed by atoms with Gasteiger partial charge in [-0.1, -0.05) is 50.1 Å². The van der Waals surface area contributed by atoms with Crippen LogP contribution < -0.4 is 10.9 Å². The molecule has 1 amide bonds. The summed E-state index contributed by atoms with van der Waals surface area (Å²) in [6.45, 7) is 4.79. The second-order valence-electron chi connectivity index (χ2n) is 7.24. The first-order valence-corrected chi connectivity index (χ1v) is 11.0. The summed E-state index contributed by atoms with van der Waals surface area (Å²) in [4.78, 5) is 29.9. The third-order valence-corrected chi connectivity index (χ3v) is 6.33. The van der Waals surface area contributed by atoms with Crippen LogP contribution in [0.25, 0.3) is 10.9 Å². The molecule has 27 heavy (non-hydrogen) atoms. The van der Waals surface area contributed by atoms with E-state index >= 15 is 0 Å². The van der Waals surface area contributed by atoms with Crippen LogP contribution in [0.2, 0.25) is 5.02 Å². The van der Waals surface area contributed by atoms with Crippen molar-refractivity contribution in [3.63, 3.8) is 0 Å². The molecule has 1 aromatic heterocycles. The van der Waals surface area contributed by atoms with E-state index in [9.17, 15) is 9.59 Å². The molecule has 2 aromatic rings. The van der Waals surface area contributed by atoms with Crippen molar-refractivity contribution >= 4 is 40.2 Å². The van der Waals surface area contributed by atoms with Gasteiger partial charge in [-0.3, -0.25) is 14.2 Å². The number of hydrogen-bond acceptors (Lipinski definition) is 4. The van der Waals surface area contributed by atoms with Gasteiger partial charge >= 0.3 is 0 Å². The standard InChI is InChI=1S/C20H26ClN3O2S/c1-3-10-24-19(26)15-9-8-14(21)11-17(15)23-20(24)27-12-18(25)22-16-7-5-4-6-13(16)2/h8-9,11,13,16H,3-7,10,12H2,1-2H3,(H,22,25)/t13-,16-/m0/s1. The number of thioether (sulfide) groups is 1. The number of carbonyl (C=O) groups excluding carboxylic acids is 1. The highest BCUT2D eigenvalue weighted by atomic mass is 35.5. The molecule has 0 radical (unpaired) electrons. The number of amides is 1. The van der Waals surface area contributed by atoms with Crippen molar-refractivity contribution in [3.8, 4) is 0 Å². The van der Waals surface area contributed by atoms with Crippen LogP contribution in [0, 0.1) is 5.92 Å². The summed E-state index contributed by atoms with van der Waals surface area (Å²) in [7, 11) is 0. The second-order valence-corrected chi connectivity index (χ2v) is 8.62. The second kappa shape index (κ2) is 9.11. The first kappa shape index (κ1) is 20.2. The Balaban J connectivity index is 1.77. The molecule has 1 aromatic carbocycles. The Morgan fingerprint density at radius 1 is 1.37 bits per heavy atom. The van der Waals surface area contributed by atoms with E-state index in [0.29, 0.717) is 33.5 Å². The third-order valence-electron chi connectivity index (χ3n) is 5.12. The predicted octanol–water partition coefficient (Wildman–Crippen LogP) is 4.25. The van der Waals surface area contributed by atoms with Crippen molar-refractivity contribution < 1.29 is 4.79 Å². The van der Waals surface area contributed by atoms with E-state index in [-0.39, 0.29) is 23.3 Å². The minimum Gasteiger partial charge on any atom is -0.352 e. The van der Waals surface area contributed by atoms with E-state index in [2.05, 4.69) is 17.2 Å². The number of carbonyl (C=O) groups is 1. The fourth-order valence-electron chi connectivity index (χ4n) is 3.61. The van der Waals surface area contributed by atoms with Gasteiger partial charge in [0.05, 0.1) is 16.7 Å². The van der Waals surface area contributed by atoms with Crippen LogP contribution in [0.4, 0.5) is 0 Å². The molecular weight excluding hydrogens is 382 g/mol. The highest BCUT2D eigenvalue weighted by Gasteiger charge is 2.23. The van der Waals surface area contributed by atoms with Gasteiger partial charge in [0.2, 0.25) is 5.91 Å². The lowest BCUT2D eigenvalue weighted by atomic mass is 9.86. The molecule has 1 aliphatic rings. The quantitative estimate of drug-likeness (QED) is 0.574. The summed E-state index contributed by atoms with van der Waals surface area (Å²) in [5, 5.41) is 4.83. The number of nitrogens with one attached hydrogen (secondary N) is 1. The van der Waals surface area contributed by atoms with Crippen molar-refractivity contribution in [2.24, 2.45) is 5.92 Å². The Morgan fingerprint density at radius 2 is 2.15 bits per heavy atom. The molecule has 3 rings (SSSR count). The lowest BCUT2D eigenvalue weighted by molar-refractivity contribution is -0.119. The Morgan fingerprint density at radius 3 is 2.89 bits per heavy atom. The number of nitrogens with zero attached hydrogens (tertiary/aromatic N) is 2. The van der Waals surface area contributed by atoms with Gasteiger partial charge in [-0.15, -0.1) is 0 Å². The lowest BCUT2D eigenvalue weighted by Gasteiger charge is -2.29. The monoisotopic (exact) mass is 407 g/mol. The Kier molecular flexibility index (Phi) is 6.82. The fraction of sp³-hybridized carbons (Fsp3) is 0.550. The fourth-order valence-corrected chi connectivity index (χ4v) is 4.62. The molecule has 1 N–H and O–H groups in total. The first-order chi connectivity index (χ1) is 13.0. The molecule has 0 aliphatic heterocycles. The molecule has 0 unspecified atom stereocenters. The summed E-state index contributed by atoms with van der Waals surface area (Å²) in [6, 6.07) is 5.37. The van der Waals surface area contributed by atoms with Crippen molar-refractivity contribution in [2.45, 2.75) is 63.7 Å². The molecule has 0 saturated heterocycles. The zero-order valence-electron chi connectivity index (χ0n) is 15.8. The maximum Gasteiger partial charge on any atom is 0.262 e. The normalized spacial score (nSPS) is 20.0. The van der Waals surface area contributed by atoms with Crippen LogP contribution in [-0.2, 0) is 11.3 Å². The van der Waals surface area contributed by atoms with Gasteiger partial charge in [-0.05, 0) is 43.4 Å². The zero-order valence-corrected chi connectivity index (χ0v) is 17.4. The number of hydrogen-bond donors (Lipinski definition) is 1. The van der Waals surface area contributed by atoms with Crippen molar-refractivity contribution in [3.05, 3.63) is 33.6 Å². The van der Waals surface area contributed by atoms with E-state index in [1.54, 1.807) is 22.8 Å². The molecule has 2 atom stereocenters. The van der Waals surface area contributed by atoms with Gasteiger partial charge in [0, 0.05) is 17.6 Å². The summed E-state index contributed by atoms with van der Waals surface area (Å²) >= 11 is 7.37. The van der Waals surface area contributed by atoms with Crippen molar-refractivity contribution in [1.29, 1.82) is 0 Å². The minimum atomic E-state index is -0.0812. The van der Waals surface area contributed by atoms with Gasteiger partial charge in [0.1, 0.15) is 0 Å². The van der Waals surface area contributed by atoms with Crippen LogP contribution in [0.15, 0.2) is 28.2 Å². The van der Waals surface area contributed by atoms with Crippen LogP contribution in [0.3, 0.4) is 0 Å². The highest BCUT2D eigenvalue weighted by molar-refractivity contribution is 7.99. The van der Waals surface area contributed by atoms with Gasteiger partial charge < -0.3 is 5.32 Å². The predicted molar refractivity (Wildman–Crippen MR) is 112 cm³/mol. The smallest absolute Gasteiger partial charge is 0.262 e. The largest absolute Gasteiger partial charge is 0.352 e. The van der Waals surface area contributed by atoms with E-state index in [1.807, 2.05) is 6.92 Å². The van der Waals surface area contributed by atoms with E-state index in [4.69, 9.17) is 11.6 Å². The lowest BCUT2D eigenvalue weighted by Crippen LogP contribution is -2.41. The van der Waals surface area contributed by atoms with Gasteiger partial charge in [-0.2, -0.15) is 0 Å². The minimum absolute atomic E-state index is 0.00207. The Bertz CT molecular complexity index is 883.